The highest BCUT2D eigenvalue weighted by Crippen LogP contribution is 2.42. The highest BCUT2D eigenvalue weighted by atomic mass is 32.1. The molecule has 0 bridgehead atoms. The summed E-state index contributed by atoms with van der Waals surface area (Å²) in [6, 6.07) is 12.2. The van der Waals surface area contributed by atoms with Gasteiger partial charge in [0.25, 0.3) is 0 Å². The Morgan fingerprint density at radius 3 is 3.00 bits per heavy atom. The van der Waals surface area contributed by atoms with E-state index in [1.165, 1.54) is 23.6 Å². The summed E-state index contributed by atoms with van der Waals surface area (Å²) in [5, 5.41) is 0.579. The van der Waals surface area contributed by atoms with Crippen molar-refractivity contribution in [3.63, 3.8) is 0 Å². The van der Waals surface area contributed by atoms with Crippen molar-refractivity contribution in [3.8, 4) is 22.8 Å². The molecule has 0 radical (unpaired) electrons. The van der Waals surface area contributed by atoms with Crippen LogP contribution in [0.25, 0.3) is 11.3 Å². The Balaban J connectivity index is 1.68. The van der Waals surface area contributed by atoms with Crippen LogP contribution in [-0.2, 0) is 6.61 Å². The van der Waals surface area contributed by atoms with Gasteiger partial charge >= 0.3 is 0 Å². The zero-order valence-corrected chi connectivity index (χ0v) is 13.6. The molecule has 2 aromatic carbocycles. The van der Waals surface area contributed by atoms with Crippen molar-refractivity contribution in [1.82, 2.24) is 4.98 Å². The van der Waals surface area contributed by atoms with Gasteiger partial charge in [0.15, 0.2) is 0 Å². The third kappa shape index (κ3) is 2.65. The van der Waals surface area contributed by atoms with E-state index in [1.54, 1.807) is 25.3 Å². The topological polar surface area (TPSA) is 43.7 Å². The Bertz CT molecular complexity index is 937. The third-order valence-electron chi connectivity index (χ3n) is 3.71. The summed E-state index contributed by atoms with van der Waals surface area (Å²) in [6.07, 6.45) is 1.50. The SMILES string of the molecule is COc1ccc2c(c1)OCc1sc(N=Cc3ccccc3F)nc1-2. The average molecular weight is 340 g/mol. The lowest BCUT2D eigenvalue weighted by Crippen LogP contribution is -2.03. The maximum atomic E-state index is 13.6. The van der Waals surface area contributed by atoms with Gasteiger partial charge in [-0.25, -0.2) is 14.4 Å². The molecular formula is C18H13FN2O2S. The molecule has 0 amide bonds. The molecule has 1 aromatic heterocycles. The number of rotatable bonds is 3. The molecule has 24 heavy (non-hydrogen) atoms. The second-order valence-electron chi connectivity index (χ2n) is 5.20. The van der Waals surface area contributed by atoms with Crippen molar-refractivity contribution >= 4 is 22.7 Å². The summed E-state index contributed by atoms with van der Waals surface area (Å²) >= 11 is 1.45. The van der Waals surface area contributed by atoms with Crippen LogP contribution in [0.4, 0.5) is 9.52 Å². The van der Waals surface area contributed by atoms with Crippen LogP contribution < -0.4 is 9.47 Å². The van der Waals surface area contributed by atoms with Crippen molar-refractivity contribution in [2.24, 2.45) is 4.99 Å². The molecule has 0 saturated carbocycles. The van der Waals surface area contributed by atoms with Crippen LogP contribution in [-0.4, -0.2) is 18.3 Å². The van der Waals surface area contributed by atoms with Gasteiger partial charge < -0.3 is 9.47 Å². The van der Waals surface area contributed by atoms with Gasteiger partial charge in [0.05, 0.1) is 17.7 Å². The molecule has 4 nitrogen and oxygen atoms in total. The fourth-order valence-electron chi connectivity index (χ4n) is 2.50. The van der Waals surface area contributed by atoms with E-state index in [4.69, 9.17) is 9.47 Å². The van der Waals surface area contributed by atoms with Crippen LogP contribution in [0.15, 0.2) is 47.5 Å². The minimum Gasteiger partial charge on any atom is -0.497 e. The first-order chi connectivity index (χ1) is 11.7. The van der Waals surface area contributed by atoms with E-state index in [0.717, 1.165) is 27.6 Å². The summed E-state index contributed by atoms with van der Waals surface area (Å²) in [7, 11) is 1.62. The van der Waals surface area contributed by atoms with Gasteiger partial charge in [-0.2, -0.15) is 0 Å². The van der Waals surface area contributed by atoms with E-state index in [0.29, 0.717) is 17.3 Å². The van der Waals surface area contributed by atoms with Crippen LogP contribution in [0.2, 0.25) is 0 Å². The molecule has 0 atom stereocenters. The number of methoxy groups -OCH3 is 1. The molecule has 0 aliphatic carbocycles. The predicted octanol–water partition coefficient (Wildman–Crippen LogP) is 4.60. The molecule has 1 aliphatic rings. The van der Waals surface area contributed by atoms with Crippen molar-refractivity contribution < 1.29 is 13.9 Å². The molecular weight excluding hydrogens is 327 g/mol. The molecule has 3 aromatic rings. The second-order valence-corrected chi connectivity index (χ2v) is 6.26. The minimum absolute atomic E-state index is 0.302. The van der Waals surface area contributed by atoms with Gasteiger partial charge in [0, 0.05) is 23.4 Å². The number of nitrogens with zero attached hydrogens (tertiary/aromatic N) is 2. The van der Waals surface area contributed by atoms with Crippen molar-refractivity contribution in [1.29, 1.82) is 0 Å². The van der Waals surface area contributed by atoms with Gasteiger partial charge in [-0.15, -0.1) is 0 Å². The highest BCUT2D eigenvalue weighted by molar-refractivity contribution is 7.15. The zero-order chi connectivity index (χ0) is 16.5. The lowest BCUT2D eigenvalue weighted by Gasteiger charge is -2.16. The Morgan fingerprint density at radius 2 is 2.17 bits per heavy atom. The Morgan fingerprint density at radius 1 is 1.29 bits per heavy atom. The number of aliphatic imine (C=N–C) groups is 1. The van der Waals surface area contributed by atoms with Crippen LogP contribution in [0.5, 0.6) is 11.5 Å². The van der Waals surface area contributed by atoms with Crippen LogP contribution in [0.1, 0.15) is 10.4 Å². The fraction of sp³-hybridized carbons (Fsp3) is 0.111. The van der Waals surface area contributed by atoms with E-state index in [9.17, 15) is 4.39 Å². The maximum Gasteiger partial charge on any atom is 0.210 e. The number of fused-ring (bicyclic) bond motifs is 3. The van der Waals surface area contributed by atoms with E-state index in [-0.39, 0.29) is 5.82 Å². The molecule has 0 spiro atoms. The van der Waals surface area contributed by atoms with Crippen molar-refractivity contribution in [2.45, 2.75) is 6.61 Å². The molecule has 0 unspecified atom stereocenters. The first kappa shape index (κ1) is 14.8. The van der Waals surface area contributed by atoms with Gasteiger partial charge in [0.1, 0.15) is 23.9 Å². The summed E-state index contributed by atoms with van der Waals surface area (Å²) in [5.41, 5.74) is 2.22. The van der Waals surface area contributed by atoms with Crippen molar-refractivity contribution in [3.05, 3.63) is 58.7 Å². The number of aromatic nitrogens is 1. The van der Waals surface area contributed by atoms with E-state index in [1.807, 2.05) is 18.2 Å². The van der Waals surface area contributed by atoms with Gasteiger partial charge in [0.2, 0.25) is 5.13 Å². The summed E-state index contributed by atoms with van der Waals surface area (Å²) in [6.45, 7) is 0.447. The summed E-state index contributed by atoms with van der Waals surface area (Å²) < 4.78 is 24.6. The lowest BCUT2D eigenvalue weighted by atomic mass is 10.1. The number of ether oxygens (including phenoxy) is 2. The standard InChI is InChI=1S/C18H13FN2O2S/c1-22-12-6-7-13-15(8-12)23-10-16-17(13)21-18(24-16)20-9-11-4-2-3-5-14(11)19/h2-9H,10H2,1H3. The number of hydrogen-bond donors (Lipinski definition) is 0. The highest BCUT2D eigenvalue weighted by Gasteiger charge is 2.22. The van der Waals surface area contributed by atoms with Gasteiger partial charge in [-0.3, -0.25) is 0 Å². The third-order valence-corrected chi connectivity index (χ3v) is 4.64. The molecule has 2 heterocycles. The Hall–Kier alpha value is -2.73. The van der Waals surface area contributed by atoms with E-state index in [2.05, 4.69) is 9.98 Å². The molecule has 0 N–H and O–H groups in total. The van der Waals surface area contributed by atoms with Crippen LogP contribution in [0.3, 0.4) is 0 Å². The molecule has 0 fully saturated rings. The van der Waals surface area contributed by atoms with Crippen LogP contribution >= 0.6 is 11.3 Å². The normalized spacial score (nSPS) is 12.6. The second kappa shape index (κ2) is 6.05. The monoisotopic (exact) mass is 340 g/mol. The quantitative estimate of drug-likeness (QED) is 0.655. The van der Waals surface area contributed by atoms with Crippen LogP contribution in [0, 0.1) is 5.82 Å². The number of halogens is 1. The molecule has 4 rings (SSSR count). The van der Waals surface area contributed by atoms with E-state index < -0.39 is 0 Å². The first-order valence-electron chi connectivity index (χ1n) is 7.34. The number of thiazole rings is 1. The Labute approximate surface area is 142 Å². The summed E-state index contributed by atoms with van der Waals surface area (Å²) in [5.74, 6) is 1.19. The molecule has 1 aliphatic heterocycles. The largest absolute Gasteiger partial charge is 0.497 e. The average Bonchev–Trinajstić information content (AvgIpc) is 3.04. The maximum absolute atomic E-state index is 13.6. The lowest BCUT2D eigenvalue weighted by molar-refractivity contribution is 0.303. The van der Waals surface area contributed by atoms with Crippen molar-refractivity contribution in [2.75, 3.05) is 7.11 Å². The predicted molar refractivity (Wildman–Crippen MR) is 92.1 cm³/mol. The zero-order valence-electron chi connectivity index (χ0n) is 12.8. The molecule has 6 heteroatoms. The van der Waals surface area contributed by atoms with Gasteiger partial charge in [-0.05, 0) is 18.2 Å². The van der Waals surface area contributed by atoms with E-state index >= 15 is 0 Å². The fourth-order valence-corrected chi connectivity index (χ4v) is 3.33. The smallest absolute Gasteiger partial charge is 0.210 e. The first-order valence-corrected chi connectivity index (χ1v) is 8.16. The molecule has 120 valence electrons. The number of hydrogen-bond acceptors (Lipinski definition) is 5. The minimum atomic E-state index is -0.302. The Kier molecular flexibility index (Phi) is 3.74. The van der Waals surface area contributed by atoms with Gasteiger partial charge in [-0.1, -0.05) is 29.5 Å². The molecule has 0 saturated heterocycles. The number of benzene rings is 2. The summed E-state index contributed by atoms with van der Waals surface area (Å²) in [4.78, 5) is 9.89.